The van der Waals surface area contributed by atoms with Crippen molar-refractivity contribution in [3.63, 3.8) is 0 Å². The maximum absolute atomic E-state index is 12.5. The standard InChI is InChI=1S/C14H6F6N2O/c15-13(16,17)12-4-2-9(7-22-12)10-3-1-8(6-21)5-11(10)23-14(18,19)20/h1-5,7H. The smallest absolute Gasteiger partial charge is 0.405 e. The largest absolute Gasteiger partial charge is 0.573 e. The monoisotopic (exact) mass is 332 g/mol. The molecular formula is C14H6F6N2O. The first-order chi connectivity index (χ1) is 10.6. The fourth-order valence-electron chi connectivity index (χ4n) is 1.76. The first-order valence-corrected chi connectivity index (χ1v) is 5.93. The van der Waals surface area contributed by atoms with Crippen LogP contribution in [-0.2, 0) is 6.18 Å². The van der Waals surface area contributed by atoms with E-state index in [9.17, 15) is 26.3 Å². The van der Waals surface area contributed by atoms with E-state index in [1.807, 2.05) is 0 Å². The third-order valence-corrected chi connectivity index (χ3v) is 2.70. The van der Waals surface area contributed by atoms with Gasteiger partial charge in [0, 0.05) is 17.3 Å². The van der Waals surface area contributed by atoms with Crippen molar-refractivity contribution < 1.29 is 31.1 Å². The zero-order valence-electron chi connectivity index (χ0n) is 11.0. The third-order valence-electron chi connectivity index (χ3n) is 2.70. The summed E-state index contributed by atoms with van der Waals surface area (Å²) in [6.07, 6.45) is -8.88. The summed E-state index contributed by atoms with van der Waals surface area (Å²) in [5, 5.41) is 8.72. The lowest BCUT2D eigenvalue weighted by molar-refractivity contribution is -0.274. The van der Waals surface area contributed by atoms with Crippen molar-refractivity contribution >= 4 is 0 Å². The van der Waals surface area contributed by atoms with E-state index in [1.54, 1.807) is 6.07 Å². The second-order valence-corrected chi connectivity index (χ2v) is 4.30. The number of halogens is 6. The van der Waals surface area contributed by atoms with Crippen LogP contribution in [0.15, 0.2) is 36.5 Å². The van der Waals surface area contributed by atoms with Gasteiger partial charge in [-0.05, 0) is 24.3 Å². The van der Waals surface area contributed by atoms with Crippen LogP contribution in [-0.4, -0.2) is 11.3 Å². The number of alkyl halides is 6. The van der Waals surface area contributed by atoms with Gasteiger partial charge in [-0.25, -0.2) is 0 Å². The van der Waals surface area contributed by atoms with E-state index in [0.29, 0.717) is 6.07 Å². The number of benzene rings is 1. The second-order valence-electron chi connectivity index (χ2n) is 4.30. The molecule has 0 fully saturated rings. The summed E-state index contributed by atoms with van der Waals surface area (Å²) in [5.41, 5.74) is -1.41. The molecule has 1 aromatic carbocycles. The fourth-order valence-corrected chi connectivity index (χ4v) is 1.76. The highest BCUT2D eigenvalue weighted by Crippen LogP contribution is 2.35. The summed E-state index contributed by atoms with van der Waals surface area (Å²) in [6, 6.07) is 6.47. The van der Waals surface area contributed by atoms with Gasteiger partial charge in [0.2, 0.25) is 0 Å². The molecule has 2 aromatic rings. The van der Waals surface area contributed by atoms with Crippen LogP contribution < -0.4 is 4.74 Å². The van der Waals surface area contributed by atoms with Crippen LogP contribution in [0.25, 0.3) is 11.1 Å². The Kier molecular flexibility index (Phi) is 4.18. The summed E-state index contributed by atoms with van der Waals surface area (Å²) >= 11 is 0. The van der Waals surface area contributed by atoms with E-state index in [1.165, 1.54) is 6.07 Å². The Morgan fingerprint density at radius 1 is 1.00 bits per heavy atom. The summed E-state index contributed by atoms with van der Waals surface area (Å²) < 4.78 is 78.4. The van der Waals surface area contributed by atoms with Gasteiger partial charge < -0.3 is 4.74 Å². The number of hydrogen-bond donors (Lipinski definition) is 0. The lowest BCUT2D eigenvalue weighted by Gasteiger charge is -2.14. The van der Waals surface area contributed by atoms with Crippen LogP contribution >= 0.6 is 0 Å². The highest BCUT2D eigenvalue weighted by atomic mass is 19.4. The van der Waals surface area contributed by atoms with Crippen molar-refractivity contribution in [3.05, 3.63) is 47.8 Å². The molecule has 2 rings (SSSR count). The molecule has 9 heteroatoms. The van der Waals surface area contributed by atoms with Crippen molar-refractivity contribution in [1.29, 1.82) is 5.26 Å². The number of ether oxygens (including phenoxy) is 1. The van der Waals surface area contributed by atoms with Gasteiger partial charge >= 0.3 is 12.5 Å². The quantitative estimate of drug-likeness (QED) is 0.759. The molecule has 1 aromatic heterocycles. The molecule has 0 amide bonds. The molecule has 0 aliphatic heterocycles. The van der Waals surface area contributed by atoms with E-state index in [2.05, 4.69) is 9.72 Å². The van der Waals surface area contributed by atoms with Gasteiger partial charge in [-0.3, -0.25) is 4.98 Å². The zero-order chi connectivity index (χ0) is 17.3. The molecular weight excluding hydrogens is 326 g/mol. The van der Waals surface area contributed by atoms with Gasteiger partial charge in [-0.1, -0.05) is 6.07 Å². The van der Waals surface area contributed by atoms with Crippen molar-refractivity contribution in [2.45, 2.75) is 12.5 Å². The topological polar surface area (TPSA) is 45.9 Å². The van der Waals surface area contributed by atoms with Gasteiger partial charge in [0.1, 0.15) is 11.4 Å². The predicted molar refractivity (Wildman–Crippen MR) is 66.1 cm³/mol. The van der Waals surface area contributed by atoms with E-state index >= 15 is 0 Å². The number of aromatic nitrogens is 1. The van der Waals surface area contributed by atoms with Gasteiger partial charge in [-0.15, -0.1) is 13.2 Å². The molecule has 0 unspecified atom stereocenters. The van der Waals surface area contributed by atoms with Gasteiger partial charge in [-0.2, -0.15) is 18.4 Å². The third kappa shape index (κ3) is 4.12. The molecule has 0 saturated carbocycles. The van der Waals surface area contributed by atoms with Crippen LogP contribution in [0.3, 0.4) is 0 Å². The normalized spacial score (nSPS) is 11.9. The van der Waals surface area contributed by atoms with Crippen molar-refractivity contribution in [2.24, 2.45) is 0 Å². The molecule has 0 aliphatic carbocycles. The molecule has 0 aliphatic rings. The Balaban J connectivity index is 2.48. The molecule has 0 bridgehead atoms. The highest BCUT2D eigenvalue weighted by Gasteiger charge is 2.33. The van der Waals surface area contributed by atoms with E-state index in [-0.39, 0.29) is 16.7 Å². The molecule has 0 radical (unpaired) electrons. The first-order valence-electron chi connectivity index (χ1n) is 5.93. The second kappa shape index (κ2) is 5.79. The Morgan fingerprint density at radius 3 is 2.17 bits per heavy atom. The summed E-state index contributed by atoms with van der Waals surface area (Å²) in [7, 11) is 0. The van der Waals surface area contributed by atoms with E-state index in [4.69, 9.17) is 5.26 Å². The average molecular weight is 332 g/mol. The summed E-state index contributed by atoms with van der Waals surface area (Å²) in [4.78, 5) is 3.18. The predicted octanol–water partition coefficient (Wildman–Crippen LogP) is 4.54. The number of rotatable bonds is 2. The van der Waals surface area contributed by atoms with Crippen LogP contribution in [0.1, 0.15) is 11.3 Å². The van der Waals surface area contributed by atoms with Crippen molar-refractivity contribution in [1.82, 2.24) is 4.98 Å². The lowest BCUT2D eigenvalue weighted by atomic mass is 10.0. The zero-order valence-corrected chi connectivity index (χ0v) is 11.0. The molecule has 0 N–H and O–H groups in total. The lowest BCUT2D eigenvalue weighted by Crippen LogP contribution is -2.17. The summed E-state index contributed by atoms with van der Waals surface area (Å²) in [6.45, 7) is 0. The van der Waals surface area contributed by atoms with E-state index in [0.717, 1.165) is 24.4 Å². The minimum atomic E-state index is -5.01. The van der Waals surface area contributed by atoms with Gasteiger partial charge in [0.05, 0.1) is 11.6 Å². The minimum absolute atomic E-state index is 0.0123. The number of hydrogen-bond acceptors (Lipinski definition) is 3. The summed E-state index contributed by atoms with van der Waals surface area (Å²) in [5.74, 6) is -0.696. The van der Waals surface area contributed by atoms with Crippen LogP contribution in [0.4, 0.5) is 26.3 Å². The maximum atomic E-state index is 12.5. The van der Waals surface area contributed by atoms with Crippen LogP contribution in [0, 0.1) is 11.3 Å². The molecule has 23 heavy (non-hydrogen) atoms. The Hall–Kier alpha value is -2.76. The maximum Gasteiger partial charge on any atom is 0.573 e. The van der Waals surface area contributed by atoms with Crippen molar-refractivity contribution in [3.8, 4) is 22.9 Å². The molecule has 0 saturated heterocycles. The Morgan fingerprint density at radius 2 is 1.70 bits per heavy atom. The van der Waals surface area contributed by atoms with Crippen molar-refractivity contribution in [2.75, 3.05) is 0 Å². The fraction of sp³-hybridized carbons (Fsp3) is 0.143. The Bertz CT molecular complexity index is 744. The SMILES string of the molecule is N#Cc1ccc(-c2ccc(C(F)(F)F)nc2)c(OC(F)(F)F)c1. The van der Waals surface area contributed by atoms with Gasteiger partial charge in [0.15, 0.2) is 0 Å². The number of nitrogens with zero attached hydrogens (tertiary/aromatic N) is 2. The minimum Gasteiger partial charge on any atom is -0.405 e. The Labute approximate surface area is 125 Å². The van der Waals surface area contributed by atoms with E-state index < -0.39 is 24.0 Å². The first kappa shape index (κ1) is 16.6. The molecule has 0 atom stereocenters. The average Bonchev–Trinajstić information content (AvgIpc) is 2.44. The number of nitriles is 1. The molecule has 3 nitrogen and oxygen atoms in total. The van der Waals surface area contributed by atoms with Gasteiger partial charge in [0.25, 0.3) is 0 Å². The molecule has 120 valence electrons. The van der Waals surface area contributed by atoms with Crippen LogP contribution in [0.2, 0.25) is 0 Å². The van der Waals surface area contributed by atoms with Crippen LogP contribution in [0.5, 0.6) is 5.75 Å². The molecule has 0 spiro atoms. The number of pyridine rings is 1. The highest BCUT2D eigenvalue weighted by molar-refractivity contribution is 5.71. The molecule has 1 heterocycles.